The maximum Gasteiger partial charge on any atom is 0.150 e. The number of sulfone groups is 1. The molecular weight excluding hydrogens is 258 g/mol. The van der Waals surface area contributed by atoms with Crippen molar-refractivity contribution in [3.8, 4) is 0 Å². The molecule has 1 fully saturated rings. The van der Waals surface area contributed by atoms with Gasteiger partial charge in [0.25, 0.3) is 0 Å². The average Bonchev–Trinajstić information content (AvgIpc) is 2.69. The van der Waals surface area contributed by atoms with E-state index in [0.29, 0.717) is 11.5 Å². The largest absolute Gasteiger partial charge is 0.314 e. The maximum atomic E-state index is 11.6. The molecule has 1 saturated heterocycles. The molecule has 4 heteroatoms. The van der Waals surface area contributed by atoms with Crippen molar-refractivity contribution < 1.29 is 8.42 Å². The molecule has 106 valence electrons. The number of nitrogens with one attached hydrogen (secondary N) is 1. The molecule has 2 unspecified atom stereocenters. The van der Waals surface area contributed by atoms with Crippen LogP contribution in [0.3, 0.4) is 0 Å². The highest BCUT2D eigenvalue weighted by atomic mass is 32.2. The van der Waals surface area contributed by atoms with Gasteiger partial charge in [-0.25, -0.2) is 8.42 Å². The monoisotopic (exact) mass is 281 g/mol. The van der Waals surface area contributed by atoms with Crippen LogP contribution in [0.1, 0.15) is 24.5 Å². The molecule has 0 saturated carbocycles. The molecule has 0 amide bonds. The van der Waals surface area contributed by atoms with Crippen molar-refractivity contribution in [1.82, 2.24) is 5.32 Å². The Balaban J connectivity index is 2.08. The summed E-state index contributed by atoms with van der Waals surface area (Å²) < 4.78 is 23.3. The molecule has 0 bridgehead atoms. The lowest BCUT2D eigenvalue weighted by Crippen LogP contribution is -2.38. The summed E-state index contributed by atoms with van der Waals surface area (Å²) in [4.78, 5) is 0. The van der Waals surface area contributed by atoms with Gasteiger partial charge in [0.05, 0.1) is 11.5 Å². The first-order chi connectivity index (χ1) is 9.00. The lowest BCUT2D eigenvalue weighted by atomic mass is 9.92. The summed E-state index contributed by atoms with van der Waals surface area (Å²) in [6.45, 7) is 5.05. The lowest BCUT2D eigenvalue weighted by molar-refractivity contribution is 0.386. The minimum absolute atomic E-state index is 0.255. The van der Waals surface area contributed by atoms with Crippen molar-refractivity contribution in [1.29, 1.82) is 0 Å². The van der Waals surface area contributed by atoms with Crippen molar-refractivity contribution in [3.05, 3.63) is 35.4 Å². The molecule has 0 radical (unpaired) electrons. The Kier molecular flexibility index (Phi) is 4.63. The first-order valence-corrected chi connectivity index (χ1v) is 8.81. The highest BCUT2D eigenvalue weighted by Gasteiger charge is 2.33. The van der Waals surface area contributed by atoms with E-state index in [1.807, 2.05) is 0 Å². The molecule has 1 aromatic carbocycles. The van der Waals surface area contributed by atoms with Crippen LogP contribution < -0.4 is 5.32 Å². The Morgan fingerprint density at radius 3 is 2.79 bits per heavy atom. The summed E-state index contributed by atoms with van der Waals surface area (Å²) in [7, 11) is -2.80. The molecule has 2 rings (SSSR count). The Hall–Kier alpha value is -0.870. The third-order valence-corrected chi connectivity index (χ3v) is 5.63. The van der Waals surface area contributed by atoms with E-state index in [4.69, 9.17) is 0 Å². The zero-order valence-corrected chi connectivity index (χ0v) is 12.5. The van der Waals surface area contributed by atoms with Gasteiger partial charge in [-0.1, -0.05) is 36.8 Å². The standard InChI is InChI=1S/C15H23NO2S/c1-3-16-15(14-7-8-19(17,18)11-14)10-13-6-4-5-12(2)9-13/h4-6,9,14-16H,3,7-8,10-11H2,1-2H3. The van der Waals surface area contributed by atoms with Crippen molar-refractivity contribution in [2.24, 2.45) is 5.92 Å². The van der Waals surface area contributed by atoms with E-state index in [1.54, 1.807) is 0 Å². The lowest BCUT2D eigenvalue weighted by Gasteiger charge is -2.23. The van der Waals surface area contributed by atoms with E-state index in [-0.39, 0.29) is 12.0 Å². The number of likely N-dealkylation sites (N-methyl/N-ethyl adjacent to an activating group) is 1. The third kappa shape index (κ3) is 4.05. The van der Waals surface area contributed by atoms with Crippen LogP contribution in [0, 0.1) is 12.8 Å². The van der Waals surface area contributed by atoms with Crippen LogP contribution >= 0.6 is 0 Å². The highest BCUT2D eigenvalue weighted by molar-refractivity contribution is 7.91. The summed E-state index contributed by atoms with van der Waals surface area (Å²) in [6, 6.07) is 8.74. The Bertz CT molecular complexity index is 525. The Morgan fingerprint density at radius 2 is 2.21 bits per heavy atom. The second-order valence-corrected chi connectivity index (χ2v) is 7.75. The fourth-order valence-electron chi connectivity index (χ4n) is 2.90. The molecule has 1 aliphatic rings. The van der Waals surface area contributed by atoms with Gasteiger partial charge < -0.3 is 5.32 Å². The van der Waals surface area contributed by atoms with Crippen LogP contribution in [0.25, 0.3) is 0 Å². The zero-order chi connectivity index (χ0) is 13.9. The van der Waals surface area contributed by atoms with Crippen LogP contribution in [-0.4, -0.2) is 32.5 Å². The van der Waals surface area contributed by atoms with Crippen LogP contribution in [0.2, 0.25) is 0 Å². The number of hydrogen-bond acceptors (Lipinski definition) is 3. The fourth-order valence-corrected chi connectivity index (χ4v) is 4.78. The summed E-state index contributed by atoms with van der Waals surface area (Å²) >= 11 is 0. The predicted molar refractivity (Wildman–Crippen MR) is 79.1 cm³/mol. The molecular formula is C15H23NO2S. The normalized spacial score (nSPS) is 23.4. The van der Waals surface area contributed by atoms with Crippen molar-refractivity contribution >= 4 is 9.84 Å². The van der Waals surface area contributed by atoms with E-state index in [0.717, 1.165) is 19.4 Å². The first kappa shape index (κ1) is 14.5. The van der Waals surface area contributed by atoms with Crippen LogP contribution in [0.5, 0.6) is 0 Å². The minimum Gasteiger partial charge on any atom is -0.314 e. The first-order valence-electron chi connectivity index (χ1n) is 6.99. The van der Waals surface area contributed by atoms with E-state index in [9.17, 15) is 8.42 Å². The van der Waals surface area contributed by atoms with Crippen molar-refractivity contribution in [2.75, 3.05) is 18.1 Å². The van der Waals surface area contributed by atoms with Gasteiger partial charge in [0.1, 0.15) is 0 Å². The fraction of sp³-hybridized carbons (Fsp3) is 0.600. The van der Waals surface area contributed by atoms with Gasteiger partial charge in [0.15, 0.2) is 9.84 Å². The smallest absolute Gasteiger partial charge is 0.150 e. The molecule has 0 spiro atoms. The van der Waals surface area contributed by atoms with Gasteiger partial charge in [0, 0.05) is 6.04 Å². The summed E-state index contributed by atoms with van der Waals surface area (Å²) in [6.07, 6.45) is 1.71. The number of hydrogen-bond donors (Lipinski definition) is 1. The minimum atomic E-state index is -2.80. The topological polar surface area (TPSA) is 46.2 Å². The quantitative estimate of drug-likeness (QED) is 0.897. The molecule has 1 aromatic rings. The second kappa shape index (κ2) is 6.06. The van der Waals surface area contributed by atoms with E-state index < -0.39 is 9.84 Å². The van der Waals surface area contributed by atoms with Crippen LogP contribution in [-0.2, 0) is 16.3 Å². The Labute approximate surface area is 116 Å². The third-order valence-electron chi connectivity index (χ3n) is 3.84. The van der Waals surface area contributed by atoms with Gasteiger partial charge in [-0.2, -0.15) is 0 Å². The van der Waals surface area contributed by atoms with E-state index in [1.165, 1.54) is 11.1 Å². The maximum absolute atomic E-state index is 11.6. The van der Waals surface area contributed by atoms with Crippen LogP contribution in [0.4, 0.5) is 0 Å². The summed E-state index contributed by atoms with van der Waals surface area (Å²) in [5.41, 5.74) is 2.54. The Morgan fingerprint density at radius 1 is 1.42 bits per heavy atom. The number of benzene rings is 1. The molecule has 2 atom stereocenters. The summed E-state index contributed by atoms with van der Waals surface area (Å²) in [5, 5.41) is 3.47. The average molecular weight is 281 g/mol. The number of rotatable bonds is 5. The number of aryl methyl sites for hydroxylation is 1. The van der Waals surface area contributed by atoms with Crippen molar-refractivity contribution in [3.63, 3.8) is 0 Å². The van der Waals surface area contributed by atoms with Crippen molar-refractivity contribution in [2.45, 2.75) is 32.7 Å². The van der Waals surface area contributed by atoms with Gasteiger partial charge >= 0.3 is 0 Å². The van der Waals surface area contributed by atoms with Gasteiger partial charge in [0.2, 0.25) is 0 Å². The van der Waals surface area contributed by atoms with E-state index in [2.05, 4.69) is 43.4 Å². The van der Waals surface area contributed by atoms with E-state index >= 15 is 0 Å². The zero-order valence-electron chi connectivity index (χ0n) is 11.7. The van der Waals surface area contributed by atoms with Gasteiger partial charge in [-0.15, -0.1) is 0 Å². The molecule has 19 heavy (non-hydrogen) atoms. The molecule has 1 N–H and O–H groups in total. The molecule has 0 aromatic heterocycles. The highest BCUT2D eigenvalue weighted by Crippen LogP contribution is 2.24. The summed E-state index contributed by atoms with van der Waals surface area (Å²) in [5.74, 6) is 0.953. The van der Waals surface area contributed by atoms with Gasteiger partial charge in [-0.05, 0) is 37.8 Å². The molecule has 0 aliphatic carbocycles. The predicted octanol–water partition coefficient (Wildman–Crippen LogP) is 1.95. The molecule has 1 heterocycles. The second-order valence-electron chi connectivity index (χ2n) is 5.52. The SMILES string of the molecule is CCNC(Cc1cccc(C)c1)C1CCS(=O)(=O)C1. The van der Waals surface area contributed by atoms with Gasteiger partial charge in [-0.3, -0.25) is 0 Å². The molecule has 3 nitrogen and oxygen atoms in total. The van der Waals surface area contributed by atoms with Crippen LogP contribution in [0.15, 0.2) is 24.3 Å². The molecule has 1 aliphatic heterocycles.